The Kier molecular flexibility index (Phi) is 7.60. The second-order valence-electron chi connectivity index (χ2n) is 6.67. The fourth-order valence-corrected chi connectivity index (χ4v) is 2.93. The van der Waals surface area contributed by atoms with Gasteiger partial charge in [-0.15, -0.1) is 0 Å². The number of hydrogen-bond acceptors (Lipinski definition) is 6. The van der Waals surface area contributed by atoms with Crippen molar-refractivity contribution in [2.24, 2.45) is 0 Å². The van der Waals surface area contributed by atoms with Crippen LogP contribution in [0.1, 0.15) is 24.5 Å². The average molecular weight is 404 g/mol. The molecule has 9 heteroatoms. The van der Waals surface area contributed by atoms with Crippen molar-refractivity contribution in [3.63, 3.8) is 0 Å². The van der Waals surface area contributed by atoms with Gasteiger partial charge in [-0.3, -0.25) is 24.0 Å². The Labute approximate surface area is 169 Å². The number of nitrogen functional groups attached to an aromatic ring is 1. The van der Waals surface area contributed by atoms with Crippen molar-refractivity contribution in [1.29, 1.82) is 0 Å². The normalized spacial score (nSPS) is 10.8. The molecule has 0 spiro atoms. The van der Waals surface area contributed by atoms with E-state index in [0.717, 1.165) is 11.1 Å². The molecule has 0 atom stereocenters. The number of hydrogen-bond donors (Lipinski definition) is 2. The topological polar surface area (TPSA) is 120 Å². The Morgan fingerprint density at radius 3 is 2.66 bits per heavy atom. The molecule has 0 aliphatic rings. The highest BCUT2D eigenvalue weighted by Gasteiger charge is 2.24. The molecule has 2 rings (SSSR count). The zero-order valence-corrected chi connectivity index (χ0v) is 17.3. The van der Waals surface area contributed by atoms with Crippen molar-refractivity contribution in [2.75, 3.05) is 37.5 Å². The molecule has 1 aromatic carbocycles. The first kappa shape index (κ1) is 22.2. The molecule has 29 heavy (non-hydrogen) atoms. The van der Waals surface area contributed by atoms with Crippen molar-refractivity contribution >= 4 is 17.4 Å². The summed E-state index contributed by atoms with van der Waals surface area (Å²) in [5.74, 6) is 0.0570. The summed E-state index contributed by atoms with van der Waals surface area (Å²) in [6.45, 7) is 6.03. The molecule has 0 unspecified atom stereocenters. The maximum atomic E-state index is 12.9. The number of aromatic nitrogens is 2. The number of aromatic amines is 1. The summed E-state index contributed by atoms with van der Waals surface area (Å²) < 4.78 is 12.0. The highest BCUT2D eigenvalue weighted by Crippen LogP contribution is 2.21. The summed E-state index contributed by atoms with van der Waals surface area (Å²) in [6, 6.07) is 5.57. The number of nitrogens with one attached hydrogen (secondary N) is 1. The first-order valence-electron chi connectivity index (χ1n) is 9.42. The van der Waals surface area contributed by atoms with E-state index >= 15 is 0 Å². The van der Waals surface area contributed by atoms with E-state index in [-0.39, 0.29) is 31.3 Å². The quantitative estimate of drug-likeness (QED) is 0.648. The Hall–Kier alpha value is -3.07. The Balaban J connectivity index is 2.37. The minimum absolute atomic E-state index is 0.0585. The number of H-pyrrole nitrogens is 1. The molecular formula is C20H28N4O5. The van der Waals surface area contributed by atoms with Gasteiger partial charge < -0.3 is 15.2 Å². The fraction of sp³-hybridized carbons (Fsp3) is 0.450. The second-order valence-corrected chi connectivity index (χ2v) is 6.67. The summed E-state index contributed by atoms with van der Waals surface area (Å²) in [5.41, 5.74) is 6.66. The van der Waals surface area contributed by atoms with Gasteiger partial charge in [0.1, 0.15) is 11.6 Å². The number of methoxy groups -OCH3 is 1. The van der Waals surface area contributed by atoms with Crippen LogP contribution in [0.15, 0.2) is 27.8 Å². The molecule has 0 saturated heterocycles. The van der Waals surface area contributed by atoms with Crippen molar-refractivity contribution < 1.29 is 14.3 Å². The Morgan fingerprint density at radius 2 is 2.00 bits per heavy atom. The van der Waals surface area contributed by atoms with E-state index in [0.29, 0.717) is 18.7 Å². The van der Waals surface area contributed by atoms with E-state index < -0.39 is 17.2 Å². The van der Waals surface area contributed by atoms with E-state index in [9.17, 15) is 14.4 Å². The van der Waals surface area contributed by atoms with Gasteiger partial charge in [0, 0.05) is 20.2 Å². The zero-order chi connectivity index (χ0) is 21.6. The molecule has 1 heterocycles. The molecule has 3 N–H and O–H groups in total. The van der Waals surface area contributed by atoms with Crippen LogP contribution in [0.3, 0.4) is 0 Å². The molecule has 0 saturated carbocycles. The SMILES string of the molecule is CCCn1c(N)c(N(CCOC)C(=O)COc2cccc(C)c2C)c(=O)[nH]c1=O. The van der Waals surface area contributed by atoms with Crippen LogP contribution >= 0.6 is 0 Å². The molecule has 0 fully saturated rings. The minimum Gasteiger partial charge on any atom is -0.483 e. The number of anilines is 2. The van der Waals surface area contributed by atoms with Gasteiger partial charge in [-0.05, 0) is 37.5 Å². The van der Waals surface area contributed by atoms with Crippen LogP contribution in [-0.4, -0.2) is 42.3 Å². The predicted octanol–water partition coefficient (Wildman–Crippen LogP) is 1.20. The molecule has 1 amide bonds. The molecule has 0 radical (unpaired) electrons. The number of carbonyl (C=O) groups excluding carboxylic acids is 1. The number of nitrogens with zero attached hydrogens (tertiary/aromatic N) is 2. The zero-order valence-electron chi connectivity index (χ0n) is 17.3. The molecule has 158 valence electrons. The number of rotatable bonds is 9. The van der Waals surface area contributed by atoms with E-state index in [1.165, 1.54) is 16.6 Å². The van der Waals surface area contributed by atoms with E-state index in [1.54, 1.807) is 6.07 Å². The fourth-order valence-electron chi connectivity index (χ4n) is 2.93. The largest absolute Gasteiger partial charge is 0.483 e. The number of benzene rings is 1. The Bertz CT molecular complexity index is 980. The van der Waals surface area contributed by atoms with Gasteiger partial charge in [0.2, 0.25) is 0 Å². The smallest absolute Gasteiger partial charge is 0.330 e. The second kappa shape index (κ2) is 9.92. The maximum absolute atomic E-state index is 12.9. The molecular weight excluding hydrogens is 376 g/mol. The molecule has 2 aromatic rings. The third kappa shape index (κ3) is 5.05. The van der Waals surface area contributed by atoms with Crippen LogP contribution in [0.4, 0.5) is 11.5 Å². The van der Waals surface area contributed by atoms with Gasteiger partial charge in [-0.1, -0.05) is 19.1 Å². The lowest BCUT2D eigenvalue weighted by Crippen LogP contribution is -2.44. The van der Waals surface area contributed by atoms with Crippen LogP contribution in [0, 0.1) is 13.8 Å². The number of amides is 1. The van der Waals surface area contributed by atoms with Gasteiger partial charge in [-0.25, -0.2) is 4.79 Å². The van der Waals surface area contributed by atoms with Crippen molar-refractivity contribution in [1.82, 2.24) is 9.55 Å². The summed E-state index contributed by atoms with van der Waals surface area (Å²) in [5, 5.41) is 0. The van der Waals surface area contributed by atoms with Crippen molar-refractivity contribution in [2.45, 2.75) is 33.7 Å². The molecule has 0 bridgehead atoms. The van der Waals surface area contributed by atoms with Crippen molar-refractivity contribution in [3.8, 4) is 5.75 Å². The van der Waals surface area contributed by atoms with Crippen LogP contribution in [0.5, 0.6) is 5.75 Å². The third-order valence-corrected chi connectivity index (χ3v) is 4.66. The molecule has 9 nitrogen and oxygen atoms in total. The van der Waals surface area contributed by atoms with Crippen LogP contribution in [0.25, 0.3) is 0 Å². The predicted molar refractivity (Wildman–Crippen MR) is 112 cm³/mol. The van der Waals surface area contributed by atoms with E-state index in [1.807, 2.05) is 32.9 Å². The van der Waals surface area contributed by atoms with E-state index in [2.05, 4.69) is 4.98 Å². The summed E-state index contributed by atoms with van der Waals surface area (Å²) in [6.07, 6.45) is 0.636. The third-order valence-electron chi connectivity index (χ3n) is 4.66. The van der Waals surface area contributed by atoms with Gasteiger partial charge in [0.25, 0.3) is 11.5 Å². The highest BCUT2D eigenvalue weighted by atomic mass is 16.5. The monoisotopic (exact) mass is 404 g/mol. The van der Waals surface area contributed by atoms with Gasteiger partial charge in [0.15, 0.2) is 12.3 Å². The van der Waals surface area contributed by atoms with Crippen molar-refractivity contribution in [3.05, 3.63) is 50.2 Å². The minimum atomic E-state index is -0.726. The standard InChI is InChI=1S/C20H28N4O5/c1-5-9-24-18(21)17(19(26)22-20(24)27)23(10-11-28-4)16(25)12-29-15-8-6-7-13(2)14(15)3/h6-8H,5,9-12,21H2,1-4H3,(H,22,26,27). The lowest BCUT2D eigenvalue weighted by Gasteiger charge is -2.24. The molecule has 0 aliphatic carbocycles. The van der Waals surface area contributed by atoms with Crippen LogP contribution in [0.2, 0.25) is 0 Å². The summed E-state index contributed by atoms with van der Waals surface area (Å²) >= 11 is 0. The molecule has 0 aliphatic heterocycles. The first-order valence-corrected chi connectivity index (χ1v) is 9.42. The molecule has 1 aromatic heterocycles. The highest BCUT2D eigenvalue weighted by molar-refractivity contribution is 5.96. The summed E-state index contributed by atoms with van der Waals surface area (Å²) in [4.78, 5) is 40.9. The number of nitrogens with two attached hydrogens (primary N) is 1. The van der Waals surface area contributed by atoms with Gasteiger partial charge in [-0.2, -0.15) is 0 Å². The van der Waals surface area contributed by atoms with Gasteiger partial charge in [0.05, 0.1) is 6.61 Å². The average Bonchev–Trinajstić information content (AvgIpc) is 2.68. The maximum Gasteiger partial charge on any atom is 0.330 e. The first-order chi connectivity index (χ1) is 13.8. The van der Waals surface area contributed by atoms with Gasteiger partial charge >= 0.3 is 5.69 Å². The van der Waals surface area contributed by atoms with E-state index in [4.69, 9.17) is 15.2 Å². The number of ether oxygens (including phenoxy) is 2. The van der Waals surface area contributed by atoms with Crippen LogP contribution in [-0.2, 0) is 16.1 Å². The van der Waals surface area contributed by atoms with Crippen LogP contribution < -0.4 is 26.6 Å². The number of carbonyl (C=O) groups is 1. The lowest BCUT2D eigenvalue weighted by molar-refractivity contribution is -0.120. The summed E-state index contributed by atoms with van der Waals surface area (Å²) in [7, 11) is 1.49. The number of aryl methyl sites for hydroxylation is 1. The Morgan fingerprint density at radius 1 is 1.28 bits per heavy atom. The lowest BCUT2D eigenvalue weighted by atomic mass is 10.1.